The van der Waals surface area contributed by atoms with Gasteiger partial charge in [-0.2, -0.15) is 4.68 Å². The lowest BCUT2D eigenvalue weighted by Gasteiger charge is -2.18. The van der Waals surface area contributed by atoms with Crippen molar-refractivity contribution in [1.82, 2.24) is 9.78 Å². The van der Waals surface area contributed by atoms with Crippen molar-refractivity contribution in [3.8, 4) is 5.88 Å². The highest BCUT2D eigenvalue weighted by molar-refractivity contribution is 5.69. The van der Waals surface area contributed by atoms with E-state index in [-0.39, 0.29) is 29.2 Å². The molecule has 0 saturated heterocycles. The van der Waals surface area contributed by atoms with Gasteiger partial charge in [-0.1, -0.05) is 0 Å². The third kappa shape index (κ3) is 2.13. The predicted molar refractivity (Wildman–Crippen MR) is 80.8 cm³/mol. The van der Waals surface area contributed by atoms with Crippen LogP contribution in [0, 0.1) is 16.7 Å². The summed E-state index contributed by atoms with van der Waals surface area (Å²) in [4.78, 5) is 11.9. The third-order valence-electron chi connectivity index (χ3n) is 5.24. The van der Waals surface area contributed by atoms with E-state index in [2.05, 4.69) is 5.10 Å². The van der Waals surface area contributed by atoms with Crippen LogP contribution in [0.3, 0.4) is 0 Å². The number of hydrogen-bond acceptors (Lipinski definition) is 4. The van der Waals surface area contributed by atoms with Gasteiger partial charge in [-0.3, -0.25) is 0 Å². The van der Waals surface area contributed by atoms with Gasteiger partial charge in [0.25, 0.3) is 0 Å². The molecular weight excluding hydrogens is 280 g/mol. The molecule has 0 unspecified atom stereocenters. The molecule has 120 valence electrons. The van der Waals surface area contributed by atoms with Crippen molar-refractivity contribution in [2.75, 3.05) is 6.61 Å². The smallest absolute Gasteiger partial charge is 0.435 e. The fourth-order valence-corrected chi connectivity index (χ4v) is 3.97. The first-order chi connectivity index (χ1) is 11.1. The van der Waals surface area contributed by atoms with Crippen molar-refractivity contribution in [3.05, 3.63) is 12.3 Å². The van der Waals surface area contributed by atoms with Gasteiger partial charge in [-0.15, -0.1) is 5.10 Å². The summed E-state index contributed by atoms with van der Waals surface area (Å²) in [6, 6.07) is 1.56. The van der Waals surface area contributed by atoms with Gasteiger partial charge in [-0.05, 0) is 69.6 Å². The summed E-state index contributed by atoms with van der Waals surface area (Å²) >= 11 is 0. The minimum absolute atomic E-state index is 0.0213. The van der Waals surface area contributed by atoms with E-state index in [0.717, 1.165) is 4.68 Å². The molecule has 22 heavy (non-hydrogen) atoms. The number of rotatable bonds is 4. The number of nitrogens with zero attached hydrogens (tertiary/aromatic N) is 2. The zero-order valence-corrected chi connectivity index (χ0v) is 13.4. The Morgan fingerprint density at radius 1 is 1.41 bits per heavy atom. The molecule has 3 fully saturated rings. The van der Waals surface area contributed by atoms with Crippen molar-refractivity contribution >= 4 is 6.09 Å². The highest BCUT2D eigenvalue weighted by atomic mass is 16.6. The van der Waals surface area contributed by atoms with E-state index in [9.17, 15) is 4.79 Å². The highest BCUT2D eigenvalue weighted by Gasteiger charge is 2.85. The van der Waals surface area contributed by atoms with E-state index < -0.39 is 18.1 Å². The highest BCUT2D eigenvalue weighted by Crippen LogP contribution is 2.93. The molecule has 0 amide bonds. The fourth-order valence-electron chi connectivity index (χ4n) is 3.97. The average molecular weight is 306 g/mol. The van der Waals surface area contributed by atoms with E-state index in [4.69, 9.17) is 12.2 Å². The van der Waals surface area contributed by atoms with Crippen LogP contribution >= 0.6 is 0 Å². The van der Waals surface area contributed by atoms with Crippen LogP contribution < -0.4 is 4.74 Å². The van der Waals surface area contributed by atoms with E-state index in [1.54, 1.807) is 26.8 Å². The molecule has 1 aromatic heterocycles. The van der Waals surface area contributed by atoms with Crippen molar-refractivity contribution in [3.63, 3.8) is 0 Å². The predicted octanol–water partition coefficient (Wildman–Crippen LogP) is 3.63. The second kappa shape index (κ2) is 4.27. The number of hydrogen-bond donors (Lipinski definition) is 0. The lowest BCUT2D eigenvalue weighted by molar-refractivity contribution is 0.0511. The van der Waals surface area contributed by atoms with Crippen molar-refractivity contribution in [2.24, 2.45) is 16.7 Å². The van der Waals surface area contributed by atoms with Crippen molar-refractivity contribution in [2.45, 2.75) is 58.4 Å². The largest absolute Gasteiger partial charge is 0.477 e. The average Bonchev–Trinajstić information content (AvgIpc) is 3.40. The zero-order valence-electron chi connectivity index (χ0n) is 15.4. The van der Waals surface area contributed by atoms with Crippen LogP contribution in [0.5, 0.6) is 5.88 Å². The molecule has 0 atom stereocenters. The lowest BCUT2D eigenvalue weighted by Crippen LogP contribution is -2.27. The Kier molecular flexibility index (Phi) is 2.32. The normalized spacial score (nSPS) is 25.6. The Bertz CT molecular complexity index is 666. The number of ether oxygens (including phenoxy) is 2. The van der Waals surface area contributed by atoms with Gasteiger partial charge in [0, 0.05) is 15.0 Å². The molecule has 5 nitrogen and oxygen atoms in total. The van der Waals surface area contributed by atoms with Gasteiger partial charge in [0.2, 0.25) is 5.88 Å². The molecular formula is C17H24N2O3. The minimum Gasteiger partial charge on any atom is -0.477 e. The van der Waals surface area contributed by atoms with E-state index in [1.165, 1.54) is 31.9 Å². The van der Waals surface area contributed by atoms with E-state index >= 15 is 0 Å². The molecule has 1 aromatic rings. The Hall–Kier alpha value is -1.52. The third-order valence-corrected chi connectivity index (χ3v) is 5.24. The van der Waals surface area contributed by atoms with Crippen LogP contribution in [0.4, 0.5) is 4.79 Å². The van der Waals surface area contributed by atoms with Crippen LogP contribution in [-0.4, -0.2) is 28.1 Å². The molecule has 0 N–H and O–H groups in total. The van der Waals surface area contributed by atoms with Crippen molar-refractivity contribution < 1.29 is 17.0 Å². The fraction of sp³-hybridized carbons (Fsp3) is 0.765. The summed E-state index contributed by atoms with van der Waals surface area (Å²) in [7, 11) is 0. The number of aromatic nitrogens is 2. The molecule has 0 aliphatic heterocycles. The van der Waals surface area contributed by atoms with Crippen LogP contribution in [0.1, 0.15) is 55.6 Å². The number of fused-ring (bicyclic) bond motifs is 1. The zero-order chi connectivity index (χ0) is 17.4. The van der Waals surface area contributed by atoms with Gasteiger partial charge in [-0.25, -0.2) is 4.79 Å². The molecule has 4 rings (SSSR count). The molecule has 0 aromatic carbocycles. The Morgan fingerprint density at radius 3 is 2.59 bits per heavy atom. The molecule has 1 heterocycles. The summed E-state index contributed by atoms with van der Waals surface area (Å²) < 4.78 is 28.7. The van der Waals surface area contributed by atoms with Crippen LogP contribution in [0.25, 0.3) is 0 Å². The second-order valence-electron chi connectivity index (χ2n) is 7.82. The molecule has 0 radical (unpaired) electrons. The van der Waals surface area contributed by atoms with Gasteiger partial charge in [0.1, 0.15) is 5.60 Å². The van der Waals surface area contributed by atoms with Gasteiger partial charge in [0.15, 0.2) is 0 Å². The first-order valence-corrected chi connectivity index (χ1v) is 8.02. The van der Waals surface area contributed by atoms with Gasteiger partial charge < -0.3 is 9.47 Å². The molecule has 3 aliphatic rings. The lowest BCUT2D eigenvalue weighted by atomic mass is 10.2. The maximum absolute atomic E-state index is 11.9. The van der Waals surface area contributed by atoms with Gasteiger partial charge in [0.05, 0.1) is 6.61 Å². The van der Waals surface area contributed by atoms with Crippen LogP contribution in [0.2, 0.25) is 0 Å². The maximum Gasteiger partial charge on any atom is 0.435 e. The summed E-state index contributed by atoms with van der Waals surface area (Å²) in [5.41, 5.74) is -0.0177. The topological polar surface area (TPSA) is 53.4 Å². The quantitative estimate of drug-likeness (QED) is 0.852. The Balaban J connectivity index is 1.36. The SMILES string of the molecule is [2H]C([2H])(COc1ccn(C(=O)OC(C)(C)C)n1)C1C2(CC2)C12CC2. The Labute approximate surface area is 133 Å². The minimum atomic E-state index is -1.34. The first kappa shape index (κ1) is 12.0. The van der Waals surface area contributed by atoms with E-state index in [1.807, 2.05) is 0 Å². The molecule has 2 spiro atoms. The standard InChI is InChI=1S/C17H24N2O3/c1-15(2,3)22-14(20)19-10-4-13(18-19)21-11-5-12-16(6-7-16)17(12)8-9-17/h4,10,12H,5-9,11H2,1-3H3/i5D2. The summed E-state index contributed by atoms with van der Waals surface area (Å²) in [6.07, 6.45) is 4.24. The van der Waals surface area contributed by atoms with Crippen LogP contribution in [0.15, 0.2) is 12.3 Å². The molecule has 3 saturated carbocycles. The number of carbonyl (C=O) groups excluding carboxylic acids is 1. The summed E-state index contributed by atoms with van der Waals surface area (Å²) in [5.74, 6) is 0.380. The maximum atomic E-state index is 11.9. The van der Waals surface area contributed by atoms with Crippen LogP contribution in [-0.2, 0) is 4.74 Å². The summed E-state index contributed by atoms with van der Waals surface area (Å²) in [5, 5.41) is 4.03. The molecule has 5 heteroatoms. The molecule has 0 bridgehead atoms. The first-order valence-electron chi connectivity index (χ1n) is 9.02. The Morgan fingerprint density at radius 2 is 2.05 bits per heavy atom. The monoisotopic (exact) mass is 306 g/mol. The van der Waals surface area contributed by atoms with Gasteiger partial charge >= 0.3 is 6.09 Å². The molecule has 3 aliphatic carbocycles. The number of carbonyl (C=O) groups is 1. The summed E-state index contributed by atoms with van der Waals surface area (Å²) in [6.45, 7) is 5.35. The second-order valence-corrected chi connectivity index (χ2v) is 7.82. The van der Waals surface area contributed by atoms with E-state index in [0.29, 0.717) is 0 Å². The van der Waals surface area contributed by atoms with Crippen molar-refractivity contribution in [1.29, 1.82) is 0 Å².